The lowest BCUT2D eigenvalue weighted by Crippen LogP contribution is -2.34. The quantitative estimate of drug-likeness (QED) is 0.199. The number of aliphatic hydroxyl groups excluding tert-OH is 1. The molecule has 4 aromatic rings. The molecule has 1 saturated heterocycles. The highest BCUT2D eigenvalue weighted by Crippen LogP contribution is 2.40. The Morgan fingerprint density at radius 2 is 1.80 bits per heavy atom. The number of nitrogens with one attached hydrogen (secondary N) is 3. The minimum absolute atomic E-state index is 0.00395. The van der Waals surface area contributed by atoms with Gasteiger partial charge in [0.15, 0.2) is 11.4 Å². The first-order valence-electron chi connectivity index (χ1n) is 13.3. The molecule has 0 radical (unpaired) electrons. The highest BCUT2D eigenvalue weighted by molar-refractivity contribution is 7.99. The molecule has 9 nitrogen and oxygen atoms in total. The van der Waals surface area contributed by atoms with Crippen LogP contribution >= 0.6 is 11.8 Å². The van der Waals surface area contributed by atoms with E-state index in [-0.39, 0.29) is 24.8 Å². The van der Waals surface area contributed by atoms with Crippen LogP contribution in [0.15, 0.2) is 84.3 Å². The molecule has 0 saturated carbocycles. The number of H-pyrrole nitrogens is 1. The number of benzene rings is 3. The summed E-state index contributed by atoms with van der Waals surface area (Å²) in [7, 11) is 0. The van der Waals surface area contributed by atoms with Gasteiger partial charge < -0.3 is 25.2 Å². The van der Waals surface area contributed by atoms with Gasteiger partial charge in [-0.2, -0.15) is 5.10 Å². The molecule has 3 unspecified atom stereocenters. The smallest absolute Gasteiger partial charge is 0.315 e. The SMILES string of the molecule is CCNC(=O)NCc1cccc(-c2cccc(C3OC(CSc4ncn[nH]4)CC(c4ccc(CO)cc4)O3)c2)c1. The second-order valence-corrected chi connectivity index (χ2v) is 10.5. The van der Waals surface area contributed by atoms with Crippen LogP contribution in [0.3, 0.4) is 0 Å². The molecule has 2 amide bonds. The number of hydrogen-bond donors (Lipinski definition) is 4. The first kappa shape index (κ1) is 27.9. The zero-order chi connectivity index (χ0) is 27.7. The highest BCUT2D eigenvalue weighted by atomic mass is 32.2. The fraction of sp³-hybridized carbons (Fsp3) is 0.300. The number of aromatic amines is 1. The van der Waals surface area contributed by atoms with Gasteiger partial charge >= 0.3 is 6.03 Å². The lowest BCUT2D eigenvalue weighted by Gasteiger charge is -2.36. The number of carbonyl (C=O) groups excluding carboxylic acids is 1. The van der Waals surface area contributed by atoms with Crippen molar-refractivity contribution in [2.75, 3.05) is 12.3 Å². The van der Waals surface area contributed by atoms with E-state index >= 15 is 0 Å². The first-order valence-corrected chi connectivity index (χ1v) is 14.3. The van der Waals surface area contributed by atoms with Crippen molar-refractivity contribution in [1.82, 2.24) is 25.8 Å². The van der Waals surface area contributed by atoms with E-state index in [4.69, 9.17) is 9.47 Å². The van der Waals surface area contributed by atoms with Crippen LogP contribution in [-0.4, -0.2) is 44.7 Å². The van der Waals surface area contributed by atoms with E-state index in [1.54, 1.807) is 11.8 Å². The van der Waals surface area contributed by atoms with Crippen molar-refractivity contribution in [2.24, 2.45) is 0 Å². The molecule has 10 heteroatoms. The molecular weight excluding hydrogens is 526 g/mol. The highest BCUT2D eigenvalue weighted by Gasteiger charge is 2.32. The number of aromatic nitrogens is 3. The molecule has 0 bridgehead atoms. The van der Waals surface area contributed by atoms with Crippen molar-refractivity contribution in [1.29, 1.82) is 0 Å². The number of ether oxygens (including phenoxy) is 2. The zero-order valence-corrected chi connectivity index (χ0v) is 23.1. The van der Waals surface area contributed by atoms with E-state index in [2.05, 4.69) is 50.1 Å². The van der Waals surface area contributed by atoms with Gasteiger partial charge in [0, 0.05) is 30.8 Å². The van der Waals surface area contributed by atoms with Gasteiger partial charge in [0.05, 0.1) is 18.8 Å². The van der Waals surface area contributed by atoms with E-state index in [1.165, 1.54) is 6.33 Å². The number of amides is 2. The Bertz CT molecular complexity index is 1380. The van der Waals surface area contributed by atoms with Gasteiger partial charge in [-0.05, 0) is 46.9 Å². The Hall–Kier alpha value is -3.70. The maximum Gasteiger partial charge on any atom is 0.315 e. The maximum absolute atomic E-state index is 11.8. The first-order chi connectivity index (χ1) is 19.6. The lowest BCUT2D eigenvalue weighted by molar-refractivity contribution is -0.245. The van der Waals surface area contributed by atoms with Gasteiger partial charge in [-0.15, -0.1) is 0 Å². The van der Waals surface area contributed by atoms with Crippen LogP contribution in [0.4, 0.5) is 4.79 Å². The number of aliphatic hydroxyl groups is 1. The number of urea groups is 1. The number of carbonyl (C=O) groups is 1. The average Bonchev–Trinajstić information content (AvgIpc) is 3.53. The predicted octanol–water partition coefficient (Wildman–Crippen LogP) is 5.12. The van der Waals surface area contributed by atoms with Gasteiger partial charge in [0.25, 0.3) is 0 Å². The summed E-state index contributed by atoms with van der Waals surface area (Å²) < 4.78 is 13.0. The van der Waals surface area contributed by atoms with Crippen molar-refractivity contribution in [2.45, 2.75) is 50.2 Å². The number of rotatable bonds is 10. The molecule has 208 valence electrons. The molecule has 1 aliphatic rings. The molecule has 40 heavy (non-hydrogen) atoms. The maximum atomic E-state index is 11.8. The fourth-order valence-corrected chi connectivity index (χ4v) is 5.39. The summed E-state index contributed by atoms with van der Waals surface area (Å²) in [5.74, 6) is 0.695. The van der Waals surface area contributed by atoms with Crippen molar-refractivity contribution in [3.05, 3.63) is 101 Å². The van der Waals surface area contributed by atoms with Crippen LogP contribution in [-0.2, 0) is 22.6 Å². The van der Waals surface area contributed by atoms with Gasteiger partial charge in [0.1, 0.15) is 6.33 Å². The van der Waals surface area contributed by atoms with E-state index < -0.39 is 6.29 Å². The molecule has 5 rings (SSSR count). The third-order valence-corrected chi connectivity index (χ3v) is 7.63. The zero-order valence-electron chi connectivity index (χ0n) is 22.2. The average molecular weight is 560 g/mol. The predicted molar refractivity (Wildman–Crippen MR) is 153 cm³/mol. The van der Waals surface area contributed by atoms with Crippen LogP contribution in [0.5, 0.6) is 0 Å². The van der Waals surface area contributed by atoms with Crippen LogP contribution in [0.1, 0.15) is 48.0 Å². The molecule has 3 atom stereocenters. The van der Waals surface area contributed by atoms with Gasteiger partial charge in [-0.1, -0.05) is 72.4 Å². The largest absolute Gasteiger partial charge is 0.392 e. The van der Waals surface area contributed by atoms with Crippen molar-refractivity contribution >= 4 is 17.8 Å². The van der Waals surface area contributed by atoms with E-state index in [0.717, 1.165) is 38.5 Å². The van der Waals surface area contributed by atoms with Gasteiger partial charge in [-0.3, -0.25) is 5.10 Å². The minimum atomic E-state index is -0.556. The summed E-state index contributed by atoms with van der Waals surface area (Å²) in [5, 5.41) is 22.7. The molecule has 1 aromatic heterocycles. The molecule has 1 aliphatic heterocycles. The molecule has 0 aliphatic carbocycles. The van der Waals surface area contributed by atoms with Crippen LogP contribution in [0.25, 0.3) is 11.1 Å². The Balaban J connectivity index is 1.35. The van der Waals surface area contributed by atoms with Crippen LogP contribution in [0.2, 0.25) is 0 Å². The second kappa shape index (κ2) is 13.6. The molecule has 0 spiro atoms. The van der Waals surface area contributed by atoms with E-state index in [9.17, 15) is 9.90 Å². The molecule has 1 fully saturated rings. The van der Waals surface area contributed by atoms with E-state index in [1.807, 2.05) is 55.5 Å². The normalized spacial score (nSPS) is 18.8. The second-order valence-electron chi connectivity index (χ2n) is 9.49. The number of thioether (sulfide) groups is 1. The van der Waals surface area contributed by atoms with Crippen molar-refractivity contribution < 1.29 is 19.4 Å². The summed E-state index contributed by atoms with van der Waals surface area (Å²) in [5.41, 5.74) is 5.92. The summed E-state index contributed by atoms with van der Waals surface area (Å²) in [6, 6.07) is 24.0. The number of nitrogens with zero attached hydrogens (tertiary/aromatic N) is 2. The molecule has 3 aromatic carbocycles. The van der Waals surface area contributed by atoms with Crippen LogP contribution in [0, 0.1) is 0 Å². The standard InChI is InChI=1S/C30H33N5O4S/c1-2-31-29(37)32-16-21-5-3-6-23(13-21)24-7-4-8-25(14-24)28-38-26(18-40-30-33-19-34-35-30)15-27(39-28)22-11-9-20(17-36)10-12-22/h3-14,19,26-28,36H,2,15-18H2,1H3,(H2,31,32,37)(H,33,34,35). The monoisotopic (exact) mass is 559 g/mol. The molecular formula is C30H33N5O4S. The Labute approximate surface area is 237 Å². The Morgan fingerprint density at radius 1 is 1.00 bits per heavy atom. The van der Waals surface area contributed by atoms with Gasteiger partial charge in [-0.25, -0.2) is 9.78 Å². The van der Waals surface area contributed by atoms with Crippen molar-refractivity contribution in [3.63, 3.8) is 0 Å². The summed E-state index contributed by atoms with van der Waals surface area (Å²) in [6.07, 6.45) is 1.39. The van der Waals surface area contributed by atoms with Crippen LogP contribution < -0.4 is 10.6 Å². The number of hydrogen-bond acceptors (Lipinski definition) is 7. The third kappa shape index (κ3) is 7.28. The third-order valence-electron chi connectivity index (χ3n) is 6.62. The Kier molecular flexibility index (Phi) is 9.46. The van der Waals surface area contributed by atoms with E-state index in [0.29, 0.717) is 25.3 Å². The minimum Gasteiger partial charge on any atom is -0.392 e. The molecule has 2 heterocycles. The topological polar surface area (TPSA) is 121 Å². The lowest BCUT2D eigenvalue weighted by atomic mass is 9.99. The Morgan fingerprint density at radius 3 is 2.55 bits per heavy atom. The fourth-order valence-electron chi connectivity index (χ4n) is 4.59. The summed E-state index contributed by atoms with van der Waals surface area (Å²) >= 11 is 1.57. The van der Waals surface area contributed by atoms with Crippen molar-refractivity contribution in [3.8, 4) is 11.1 Å². The summed E-state index contributed by atoms with van der Waals surface area (Å²) in [6.45, 7) is 2.91. The van der Waals surface area contributed by atoms with Gasteiger partial charge in [0.2, 0.25) is 0 Å². The molecule has 4 N–H and O–H groups in total. The summed E-state index contributed by atoms with van der Waals surface area (Å²) in [4.78, 5) is 16.0.